The summed E-state index contributed by atoms with van der Waals surface area (Å²) >= 11 is 0. The number of pyridine rings is 1. The Morgan fingerprint density at radius 1 is 1.03 bits per heavy atom. The smallest absolute Gasteiger partial charge is 0.253 e. The highest BCUT2D eigenvalue weighted by molar-refractivity contribution is 5.97. The van der Waals surface area contributed by atoms with Crippen LogP contribution in [0.15, 0.2) is 54.7 Å². The minimum atomic E-state index is -0.418. The maximum Gasteiger partial charge on any atom is 0.253 e. The first kappa shape index (κ1) is 21.2. The molecule has 8 heteroatoms. The number of anilines is 1. The van der Waals surface area contributed by atoms with Crippen LogP contribution in [-0.4, -0.2) is 45.6 Å². The van der Waals surface area contributed by atoms with E-state index in [1.54, 1.807) is 62.4 Å². The summed E-state index contributed by atoms with van der Waals surface area (Å²) in [7, 11) is 5.14. The van der Waals surface area contributed by atoms with Crippen LogP contribution in [0.2, 0.25) is 0 Å². The fraction of sp³-hybridized carbons (Fsp3) is 0.167. The van der Waals surface area contributed by atoms with Crippen molar-refractivity contribution in [2.45, 2.75) is 6.92 Å². The van der Waals surface area contributed by atoms with Gasteiger partial charge in [-0.15, -0.1) is 0 Å². The Labute approximate surface area is 184 Å². The second-order valence-corrected chi connectivity index (χ2v) is 7.72. The molecule has 0 bridgehead atoms. The minimum absolute atomic E-state index is 0.0845. The summed E-state index contributed by atoms with van der Waals surface area (Å²) in [6, 6.07) is 13.7. The summed E-state index contributed by atoms with van der Waals surface area (Å²) in [6.45, 7) is 1.41. The van der Waals surface area contributed by atoms with Gasteiger partial charge in [-0.3, -0.25) is 9.59 Å². The minimum Gasteiger partial charge on any atom is -0.345 e. The summed E-state index contributed by atoms with van der Waals surface area (Å²) in [5.74, 6) is -0.724. The molecule has 2 heterocycles. The zero-order chi connectivity index (χ0) is 23.0. The van der Waals surface area contributed by atoms with Gasteiger partial charge in [-0.25, -0.2) is 14.1 Å². The summed E-state index contributed by atoms with van der Waals surface area (Å²) in [5.41, 5.74) is 4.05. The number of carbonyl (C=O) groups is 2. The van der Waals surface area contributed by atoms with Gasteiger partial charge >= 0.3 is 0 Å². The van der Waals surface area contributed by atoms with E-state index in [2.05, 4.69) is 15.4 Å². The van der Waals surface area contributed by atoms with Gasteiger partial charge in [-0.2, -0.15) is 5.10 Å². The van der Waals surface area contributed by atoms with Crippen molar-refractivity contribution in [3.63, 3.8) is 0 Å². The Balaban J connectivity index is 1.79. The largest absolute Gasteiger partial charge is 0.345 e. The van der Waals surface area contributed by atoms with Gasteiger partial charge in [-0.05, 0) is 41.5 Å². The third kappa shape index (κ3) is 3.94. The summed E-state index contributed by atoms with van der Waals surface area (Å²) in [5, 5.41) is 7.81. The highest BCUT2D eigenvalue weighted by Gasteiger charge is 2.17. The van der Waals surface area contributed by atoms with Crippen LogP contribution in [0, 0.1) is 5.82 Å². The van der Waals surface area contributed by atoms with E-state index < -0.39 is 5.82 Å². The topological polar surface area (TPSA) is 80.1 Å². The number of halogens is 1. The van der Waals surface area contributed by atoms with Crippen LogP contribution in [0.5, 0.6) is 0 Å². The van der Waals surface area contributed by atoms with Crippen LogP contribution in [0.1, 0.15) is 17.3 Å². The Kier molecular flexibility index (Phi) is 5.44. The molecule has 0 saturated carbocycles. The molecule has 4 aromatic rings. The molecule has 0 fully saturated rings. The molecule has 0 saturated heterocycles. The second-order valence-electron chi connectivity index (χ2n) is 7.72. The number of benzene rings is 2. The monoisotopic (exact) mass is 431 g/mol. The van der Waals surface area contributed by atoms with Gasteiger partial charge in [0.25, 0.3) is 5.91 Å². The third-order valence-corrected chi connectivity index (χ3v) is 5.09. The normalized spacial score (nSPS) is 10.9. The maximum atomic E-state index is 14.9. The molecule has 0 aliphatic heterocycles. The van der Waals surface area contributed by atoms with Crippen LogP contribution in [-0.2, 0) is 11.8 Å². The lowest BCUT2D eigenvalue weighted by Gasteiger charge is -2.11. The van der Waals surface area contributed by atoms with E-state index >= 15 is 0 Å². The van der Waals surface area contributed by atoms with Gasteiger partial charge in [0.2, 0.25) is 5.91 Å². The highest BCUT2D eigenvalue weighted by Crippen LogP contribution is 2.33. The summed E-state index contributed by atoms with van der Waals surface area (Å²) in [4.78, 5) is 29.4. The molecule has 2 amide bonds. The molecule has 162 valence electrons. The molecule has 1 N–H and O–H groups in total. The molecule has 7 nitrogen and oxygen atoms in total. The number of fused-ring (bicyclic) bond motifs is 1. The van der Waals surface area contributed by atoms with Crippen LogP contribution in [0.4, 0.5) is 10.1 Å². The van der Waals surface area contributed by atoms with Crippen LogP contribution in [0.3, 0.4) is 0 Å². The number of amides is 2. The predicted octanol–water partition coefficient (Wildman–Crippen LogP) is 4.10. The fourth-order valence-electron chi connectivity index (χ4n) is 3.56. The average molecular weight is 431 g/mol. The predicted molar refractivity (Wildman–Crippen MR) is 122 cm³/mol. The molecule has 0 atom stereocenters. The van der Waals surface area contributed by atoms with Crippen molar-refractivity contribution in [3.8, 4) is 22.4 Å². The molecule has 0 aliphatic rings. The summed E-state index contributed by atoms with van der Waals surface area (Å²) in [6.07, 6.45) is 1.54. The van der Waals surface area contributed by atoms with Gasteiger partial charge in [-0.1, -0.05) is 18.2 Å². The van der Waals surface area contributed by atoms with Crippen molar-refractivity contribution in [2.24, 2.45) is 7.05 Å². The quantitative estimate of drug-likeness (QED) is 0.528. The van der Waals surface area contributed by atoms with Crippen LogP contribution in [0.25, 0.3) is 33.4 Å². The van der Waals surface area contributed by atoms with E-state index in [1.807, 2.05) is 12.1 Å². The second kappa shape index (κ2) is 8.22. The summed E-state index contributed by atoms with van der Waals surface area (Å²) < 4.78 is 16.5. The Bertz CT molecular complexity index is 1340. The standard InChI is InChI=1S/C24H22FN5O2/c1-14(31)27-18-12-20-22(28-30(4)23(20)26-13-18)19-11-17(9-10-21(19)25)15-5-7-16(8-6-15)24(32)29(2)3/h5-13H,1-4H3,(H,27,31). The molecule has 4 rings (SSSR count). The van der Waals surface area contributed by atoms with Gasteiger partial charge in [0, 0.05) is 44.6 Å². The number of nitrogens with zero attached hydrogens (tertiary/aromatic N) is 4. The number of aromatic nitrogens is 3. The number of aryl methyl sites for hydroxylation is 1. The molecule has 2 aromatic carbocycles. The zero-order valence-corrected chi connectivity index (χ0v) is 18.2. The SMILES string of the molecule is CC(=O)Nc1cnc2c(c1)c(-c1cc(-c3ccc(C(=O)N(C)C)cc3)ccc1F)nn2C. The molecule has 0 spiro atoms. The Morgan fingerprint density at radius 2 is 1.72 bits per heavy atom. The number of hydrogen-bond donors (Lipinski definition) is 1. The first-order chi connectivity index (χ1) is 15.2. The molecule has 32 heavy (non-hydrogen) atoms. The third-order valence-electron chi connectivity index (χ3n) is 5.09. The fourth-order valence-corrected chi connectivity index (χ4v) is 3.56. The number of hydrogen-bond acceptors (Lipinski definition) is 4. The number of carbonyl (C=O) groups excluding carboxylic acids is 2. The van der Waals surface area contributed by atoms with Crippen LogP contribution >= 0.6 is 0 Å². The van der Waals surface area contributed by atoms with E-state index in [0.717, 1.165) is 11.1 Å². The number of nitrogens with one attached hydrogen (secondary N) is 1. The molecule has 0 radical (unpaired) electrons. The lowest BCUT2D eigenvalue weighted by atomic mass is 9.99. The van der Waals surface area contributed by atoms with E-state index in [-0.39, 0.29) is 11.8 Å². The van der Waals surface area contributed by atoms with E-state index in [0.29, 0.717) is 33.5 Å². The average Bonchev–Trinajstić information content (AvgIpc) is 3.09. The van der Waals surface area contributed by atoms with Crippen molar-refractivity contribution >= 4 is 28.5 Å². The van der Waals surface area contributed by atoms with E-state index in [9.17, 15) is 14.0 Å². The van der Waals surface area contributed by atoms with Crippen molar-refractivity contribution in [2.75, 3.05) is 19.4 Å². The van der Waals surface area contributed by atoms with Crippen molar-refractivity contribution in [1.82, 2.24) is 19.7 Å². The molecular formula is C24H22FN5O2. The lowest BCUT2D eigenvalue weighted by molar-refractivity contribution is -0.114. The molecular weight excluding hydrogens is 409 g/mol. The Hall–Kier alpha value is -4.07. The van der Waals surface area contributed by atoms with Gasteiger partial charge in [0.1, 0.15) is 11.5 Å². The van der Waals surface area contributed by atoms with E-state index in [4.69, 9.17) is 0 Å². The number of rotatable bonds is 4. The van der Waals surface area contributed by atoms with E-state index in [1.165, 1.54) is 17.9 Å². The zero-order valence-electron chi connectivity index (χ0n) is 18.2. The van der Waals surface area contributed by atoms with Crippen molar-refractivity contribution < 1.29 is 14.0 Å². The molecule has 0 aliphatic carbocycles. The molecule has 0 unspecified atom stereocenters. The van der Waals surface area contributed by atoms with Gasteiger partial charge in [0.15, 0.2) is 5.65 Å². The first-order valence-corrected chi connectivity index (χ1v) is 9.97. The molecule has 2 aromatic heterocycles. The van der Waals surface area contributed by atoms with Crippen molar-refractivity contribution in [3.05, 3.63) is 66.1 Å². The van der Waals surface area contributed by atoms with Gasteiger partial charge in [0.05, 0.1) is 11.9 Å². The highest BCUT2D eigenvalue weighted by atomic mass is 19.1. The van der Waals surface area contributed by atoms with Crippen molar-refractivity contribution in [1.29, 1.82) is 0 Å². The lowest BCUT2D eigenvalue weighted by Crippen LogP contribution is -2.21. The maximum absolute atomic E-state index is 14.9. The Morgan fingerprint density at radius 3 is 2.38 bits per heavy atom. The van der Waals surface area contributed by atoms with Gasteiger partial charge < -0.3 is 10.2 Å². The van der Waals surface area contributed by atoms with Crippen LogP contribution < -0.4 is 5.32 Å². The first-order valence-electron chi connectivity index (χ1n) is 9.97.